The largest absolute Gasteiger partial charge is 0.216 e. The number of rotatable bonds is 2. The highest BCUT2D eigenvalue weighted by atomic mass is 19.1. The molecule has 0 radical (unpaired) electrons. The van der Waals surface area contributed by atoms with Gasteiger partial charge in [0.1, 0.15) is 5.82 Å². The summed E-state index contributed by atoms with van der Waals surface area (Å²) in [5, 5.41) is 0. The van der Waals surface area contributed by atoms with Gasteiger partial charge in [-0.2, -0.15) is 4.57 Å². The van der Waals surface area contributed by atoms with Crippen molar-refractivity contribution in [3.8, 4) is 16.8 Å². The van der Waals surface area contributed by atoms with Gasteiger partial charge in [0.25, 0.3) is 0 Å². The molecule has 0 amide bonds. The molecule has 0 spiro atoms. The molecular weight excluding hydrogens is 297 g/mol. The SMILES string of the molecule is Cc1cc(C)c(-[n+]2c(C)cc(-c3ccc(F)cc3)cc2C)c(C)c1. The Morgan fingerprint density at radius 1 is 0.667 bits per heavy atom. The van der Waals surface area contributed by atoms with E-state index in [0.717, 1.165) is 11.1 Å². The van der Waals surface area contributed by atoms with E-state index in [4.69, 9.17) is 0 Å². The van der Waals surface area contributed by atoms with Crippen molar-refractivity contribution in [3.05, 3.63) is 82.4 Å². The van der Waals surface area contributed by atoms with Crippen LogP contribution in [0.25, 0.3) is 16.8 Å². The van der Waals surface area contributed by atoms with Crippen molar-refractivity contribution in [1.82, 2.24) is 0 Å². The van der Waals surface area contributed by atoms with Gasteiger partial charge in [-0.25, -0.2) is 4.39 Å². The van der Waals surface area contributed by atoms with E-state index in [9.17, 15) is 4.39 Å². The summed E-state index contributed by atoms with van der Waals surface area (Å²) < 4.78 is 15.5. The van der Waals surface area contributed by atoms with E-state index in [-0.39, 0.29) is 5.82 Å². The molecule has 0 N–H and O–H groups in total. The van der Waals surface area contributed by atoms with Crippen LogP contribution in [-0.2, 0) is 0 Å². The Morgan fingerprint density at radius 2 is 1.17 bits per heavy atom. The highest BCUT2D eigenvalue weighted by molar-refractivity contribution is 5.63. The van der Waals surface area contributed by atoms with Gasteiger partial charge >= 0.3 is 0 Å². The normalized spacial score (nSPS) is 10.9. The van der Waals surface area contributed by atoms with E-state index in [2.05, 4.69) is 63.5 Å². The van der Waals surface area contributed by atoms with Crippen LogP contribution < -0.4 is 4.57 Å². The number of aryl methyl sites for hydroxylation is 5. The number of benzene rings is 2. The van der Waals surface area contributed by atoms with Crippen LogP contribution in [0.2, 0.25) is 0 Å². The van der Waals surface area contributed by atoms with Crippen LogP contribution in [-0.4, -0.2) is 0 Å². The molecule has 0 aliphatic carbocycles. The summed E-state index contributed by atoms with van der Waals surface area (Å²) in [5.74, 6) is -0.205. The molecule has 122 valence electrons. The van der Waals surface area contributed by atoms with Crippen molar-refractivity contribution in [2.75, 3.05) is 0 Å². The van der Waals surface area contributed by atoms with Crippen LogP contribution in [0.3, 0.4) is 0 Å². The second-order valence-electron chi connectivity index (χ2n) is 6.62. The highest BCUT2D eigenvalue weighted by Gasteiger charge is 2.21. The van der Waals surface area contributed by atoms with E-state index in [1.165, 1.54) is 45.9 Å². The third-order valence-electron chi connectivity index (χ3n) is 4.47. The monoisotopic (exact) mass is 320 g/mol. The van der Waals surface area contributed by atoms with Crippen LogP contribution in [0.15, 0.2) is 48.5 Å². The maximum Gasteiger partial charge on any atom is 0.216 e. The predicted octanol–water partition coefficient (Wildman–Crippen LogP) is 5.31. The summed E-state index contributed by atoms with van der Waals surface area (Å²) >= 11 is 0. The van der Waals surface area contributed by atoms with Gasteiger partial charge in [-0.15, -0.1) is 0 Å². The average Bonchev–Trinajstić information content (AvgIpc) is 2.49. The van der Waals surface area contributed by atoms with Crippen molar-refractivity contribution < 1.29 is 8.96 Å². The number of nitrogens with zero attached hydrogens (tertiary/aromatic N) is 1. The van der Waals surface area contributed by atoms with Crippen molar-refractivity contribution >= 4 is 0 Å². The van der Waals surface area contributed by atoms with Crippen molar-refractivity contribution in [1.29, 1.82) is 0 Å². The molecule has 0 saturated heterocycles. The first-order chi connectivity index (χ1) is 11.4. The minimum atomic E-state index is -0.205. The third-order valence-corrected chi connectivity index (χ3v) is 4.47. The first-order valence-electron chi connectivity index (χ1n) is 8.24. The highest BCUT2D eigenvalue weighted by Crippen LogP contribution is 2.23. The maximum atomic E-state index is 13.2. The lowest BCUT2D eigenvalue weighted by atomic mass is 10.0. The fourth-order valence-electron chi connectivity index (χ4n) is 3.59. The Labute approximate surface area is 143 Å². The zero-order valence-corrected chi connectivity index (χ0v) is 14.9. The standard InChI is InChI=1S/C22H23FN/c1-14-10-15(2)22(16(3)11-14)24-17(4)12-20(13-18(24)5)19-6-8-21(23)9-7-19/h6-13H,1-5H3/q+1. The van der Waals surface area contributed by atoms with Gasteiger partial charge in [0.2, 0.25) is 5.69 Å². The number of aromatic nitrogens is 1. The van der Waals surface area contributed by atoms with Crippen molar-refractivity contribution in [2.45, 2.75) is 34.6 Å². The fraction of sp³-hybridized carbons (Fsp3) is 0.227. The Bertz CT molecular complexity index is 862. The topological polar surface area (TPSA) is 3.88 Å². The van der Waals surface area contributed by atoms with Gasteiger partial charge in [0, 0.05) is 37.1 Å². The lowest BCUT2D eigenvalue weighted by Crippen LogP contribution is -2.39. The molecular formula is C22H23FN+. The fourth-order valence-corrected chi connectivity index (χ4v) is 3.59. The minimum absolute atomic E-state index is 0.205. The first kappa shape index (κ1) is 16.4. The Morgan fingerprint density at radius 3 is 1.67 bits per heavy atom. The summed E-state index contributed by atoms with van der Waals surface area (Å²) in [4.78, 5) is 0. The number of halogens is 1. The van der Waals surface area contributed by atoms with Crippen molar-refractivity contribution in [3.63, 3.8) is 0 Å². The molecule has 0 unspecified atom stereocenters. The van der Waals surface area contributed by atoms with Crippen molar-refractivity contribution in [2.24, 2.45) is 0 Å². The van der Waals surface area contributed by atoms with E-state index in [1.807, 2.05) is 12.1 Å². The van der Waals surface area contributed by atoms with E-state index in [0.29, 0.717) is 0 Å². The molecule has 0 aliphatic heterocycles. The van der Waals surface area contributed by atoms with Crippen LogP contribution in [0.4, 0.5) is 4.39 Å². The van der Waals surface area contributed by atoms with Crippen LogP contribution in [0, 0.1) is 40.4 Å². The zero-order chi connectivity index (χ0) is 17.4. The molecule has 24 heavy (non-hydrogen) atoms. The molecule has 1 nitrogen and oxygen atoms in total. The van der Waals surface area contributed by atoms with Crippen LogP contribution in [0.1, 0.15) is 28.1 Å². The Kier molecular flexibility index (Phi) is 4.23. The molecule has 1 heterocycles. The quantitative estimate of drug-likeness (QED) is 0.563. The smallest absolute Gasteiger partial charge is 0.207 e. The molecule has 3 rings (SSSR count). The van der Waals surface area contributed by atoms with Gasteiger partial charge in [0.05, 0.1) is 0 Å². The molecule has 2 heteroatoms. The zero-order valence-electron chi connectivity index (χ0n) is 14.9. The van der Waals surface area contributed by atoms with Crippen LogP contribution in [0.5, 0.6) is 0 Å². The summed E-state index contributed by atoms with van der Waals surface area (Å²) in [5.41, 5.74) is 9.58. The minimum Gasteiger partial charge on any atom is -0.207 e. The summed E-state index contributed by atoms with van der Waals surface area (Å²) in [7, 11) is 0. The molecule has 0 fully saturated rings. The number of pyridine rings is 1. The average molecular weight is 320 g/mol. The molecule has 2 aromatic carbocycles. The molecule has 0 saturated carbocycles. The van der Waals surface area contributed by atoms with E-state index >= 15 is 0 Å². The third kappa shape index (κ3) is 2.96. The second kappa shape index (κ2) is 6.20. The Balaban J connectivity index is 2.17. The van der Waals surface area contributed by atoms with Gasteiger partial charge in [0.15, 0.2) is 11.4 Å². The molecule has 0 aliphatic rings. The predicted molar refractivity (Wildman–Crippen MR) is 97.1 cm³/mol. The molecule has 0 bridgehead atoms. The Hall–Kier alpha value is -2.48. The van der Waals surface area contributed by atoms with E-state index < -0.39 is 0 Å². The lowest BCUT2D eigenvalue weighted by molar-refractivity contribution is -0.610. The first-order valence-corrected chi connectivity index (χ1v) is 8.24. The number of hydrogen-bond donors (Lipinski definition) is 0. The summed E-state index contributed by atoms with van der Waals surface area (Å²) in [6.45, 7) is 10.7. The van der Waals surface area contributed by atoms with Gasteiger partial charge < -0.3 is 0 Å². The molecule has 3 aromatic rings. The number of hydrogen-bond acceptors (Lipinski definition) is 0. The van der Waals surface area contributed by atoms with Crippen LogP contribution >= 0.6 is 0 Å². The second-order valence-corrected chi connectivity index (χ2v) is 6.62. The molecule has 1 aromatic heterocycles. The van der Waals surface area contributed by atoms with Gasteiger partial charge in [-0.05, 0) is 56.2 Å². The lowest BCUT2D eigenvalue weighted by Gasteiger charge is -2.12. The molecule has 0 atom stereocenters. The summed E-state index contributed by atoms with van der Waals surface area (Å²) in [6.07, 6.45) is 0. The van der Waals surface area contributed by atoms with E-state index in [1.54, 1.807) is 0 Å². The summed E-state index contributed by atoms with van der Waals surface area (Å²) in [6, 6.07) is 15.5. The van der Waals surface area contributed by atoms with Gasteiger partial charge in [-0.1, -0.05) is 17.7 Å². The van der Waals surface area contributed by atoms with Gasteiger partial charge in [-0.3, -0.25) is 0 Å². The maximum absolute atomic E-state index is 13.2.